The SMILES string of the molecule is O=C(O)C12CC34CC1(C(=O)O)CC3(C2)OS(=O)(=O)O4. The summed E-state index contributed by atoms with van der Waals surface area (Å²) in [6.07, 6.45) is -0.497. The van der Waals surface area contributed by atoms with Crippen LogP contribution in [0, 0.1) is 10.8 Å². The lowest BCUT2D eigenvalue weighted by atomic mass is 9.68. The number of rotatable bonds is 2. The number of carboxylic acids is 2. The van der Waals surface area contributed by atoms with E-state index in [4.69, 9.17) is 8.37 Å². The van der Waals surface area contributed by atoms with Gasteiger partial charge in [0.25, 0.3) is 0 Å². The van der Waals surface area contributed by atoms with Gasteiger partial charge in [-0.05, 0) is 25.7 Å². The summed E-state index contributed by atoms with van der Waals surface area (Å²) in [7, 11) is -4.16. The minimum atomic E-state index is -4.16. The van der Waals surface area contributed by atoms with Gasteiger partial charge < -0.3 is 10.2 Å². The highest BCUT2D eigenvalue weighted by atomic mass is 32.3. The fourth-order valence-electron chi connectivity index (χ4n) is 4.91. The van der Waals surface area contributed by atoms with Crippen molar-refractivity contribution in [2.45, 2.75) is 36.9 Å². The van der Waals surface area contributed by atoms with E-state index in [0.29, 0.717) is 0 Å². The Morgan fingerprint density at radius 1 is 0.842 bits per heavy atom. The van der Waals surface area contributed by atoms with Crippen LogP contribution in [0.5, 0.6) is 0 Å². The van der Waals surface area contributed by atoms with E-state index < -0.39 is 44.4 Å². The zero-order valence-electron chi connectivity index (χ0n) is 9.58. The van der Waals surface area contributed by atoms with Gasteiger partial charge in [-0.2, -0.15) is 8.42 Å². The Balaban J connectivity index is 1.97. The van der Waals surface area contributed by atoms with Crippen LogP contribution in [-0.2, 0) is 28.4 Å². The minimum absolute atomic E-state index is 0.124. The second kappa shape index (κ2) is 2.52. The summed E-state index contributed by atoms with van der Waals surface area (Å²) >= 11 is 0. The van der Waals surface area contributed by atoms with Crippen LogP contribution < -0.4 is 0 Å². The standard InChI is InChI=1S/C10H10O8S/c11-5(12)7-1-9-3-8(7,6(13)14)4-10(9,2-7)18-19(15,16)17-9/h1-4H2,(H,11,12)(H,13,14). The van der Waals surface area contributed by atoms with Crippen LogP contribution in [0.2, 0.25) is 0 Å². The summed E-state index contributed by atoms with van der Waals surface area (Å²) < 4.78 is 32.9. The smallest absolute Gasteiger partial charge is 0.401 e. The second-order valence-corrected chi connectivity index (χ2v) is 7.19. The van der Waals surface area contributed by atoms with Gasteiger partial charge in [-0.1, -0.05) is 0 Å². The zero-order chi connectivity index (χ0) is 13.9. The summed E-state index contributed by atoms with van der Waals surface area (Å²) in [5, 5.41) is 18.9. The summed E-state index contributed by atoms with van der Waals surface area (Å²) in [6.45, 7) is 0. The molecule has 5 fully saturated rings. The van der Waals surface area contributed by atoms with Gasteiger partial charge in [-0.25, -0.2) is 8.37 Å². The van der Waals surface area contributed by atoms with Crippen LogP contribution in [0.15, 0.2) is 0 Å². The van der Waals surface area contributed by atoms with Crippen LogP contribution in [0.1, 0.15) is 25.7 Å². The molecular formula is C10H10O8S. The van der Waals surface area contributed by atoms with Gasteiger partial charge >= 0.3 is 22.3 Å². The molecule has 0 amide bonds. The van der Waals surface area contributed by atoms with Crippen molar-refractivity contribution < 1.29 is 36.6 Å². The summed E-state index contributed by atoms with van der Waals surface area (Å²) in [4.78, 5) is 23.2. The minimum Gasteiger partial charge on any atom is -0.481 e. The Bertz CT molecular complexity index is 584. The Kier molecular flexibility index (Phi) is 1.54. The lowest BCUT2D eigenvalue weighted by molar-refractivity contribution is -0.167. The molecule has 0 unspecified atom stereocenters. The first-order valence-electron chi connectivity index (χ1n) is 5.76. The molecule has 2 N–H and O–H groups in total. The van der Waals surface area contributed by atoms with Crippen molar-refractivity contribution in [3.8, 4) is 0 Å². The molecule has 1 saturated heterocycles. The van der Waals surface area contributed by atoms with Crippen LogP contribution in [0.4, 0.5) is 0 Å². The lowest BCUT2D eigenvalue weighted by Gasteiger charge is -2.32. The van der Waals surface area contributed by atoms with Crippen molar-refractivity contribution in [2.75, 3.05) is 0 Å². The van der Waals surface area contributed by atoms with E-state index in [1.807, 2.05) is 0 Å². The van der Waals surface area contributed by atoms with Gasteiger partial charge in [-0.15, -0.1) is 0 Å². The monoisotopic (exact) mass is 290 g/mol. The van der Waals surface area contributed by atoms with Crippen molar-refractivity contribution in [1.82, 2.24) is 0 Å². The molecule has 4 saturated carbocycles. The summed E-state index contributed by atoms with van der Waals surface area (Å²) in [6, 6.07) is 0. The third-order valence-electron chi connectivity index (χ3n) is 5.44. The Hall–Kier alpha value is -1.19. The molecule has 5 aliphatic rings. The van der Waals surface area contributed by atoms with Gasteiger partial charge in [0.15, 0.2) is 0 Å². The highest BCUT2D eigenvalue weighted by Crippen LogP contribution is 2.83. The molecule has 5 rings (SSSR count). The third kappa shape index (κ3) is 0.878. The molecule has 0 radical (unpaired) electrons. The summed E-state index contributed by atoms with van der Waals surface area (Å²) in [5.74, 6) is -2.44. The van der Waals surface area contributed by atoms with E-state index in [-0.39, 0.29) is 25.7 Å². The molecule has 8 nitrogen and oxygen atoms in total. The van der Waals surface area contributed by atoms with E-state index in [1.165, 1.54) is 0 Å². The van der Waals surface area contributed by atoms with Crippen molar-refractivity contribution in [1.29, 1.82) is 0 Å². The van der Waals surface area contributed by atoms with Crippen LogP contribution in [0.3, 0.4) is 0 Å². The van der Waals surface area contributed by atoms with Crippen molar-refractivity contribution in [3.05, 3.63) is 0 Å². The Morgan fingerprint density at radius 2 is 1.16 bits per heavy atom. The number of carboxylic acid groups (broad SMARTS) is 2. The average molecular weight is 290 g/mol. The molecular weight excluding hydrogens is 280 g/mol. The maximum atomic E-state index is 11.6. The van der Waals surface area contributed by atoms with E-state index >= 15 is 0 Å². The van der Waals surface area contributed by atoms with Crippen LogP contribution in [-0.4, -0.2) is 41.8 Å². The second-order valence-electron chi connectivity index (χ2n) is 6.05. The largest absolute Gasteiger partial charge is 0.481 e. The molecule has 1 aliphatic heterocycles. The molecule has 104 valence electrons. The molecule has 0 aromatic heterocycles. The van der Waals surface area contributed by atoms with Crippen LogP contribution >= 0.6 is 0 Å². The van der Waals surface area contributed by atoms with E-state index in [9.17, 15) is 28.2 Å². The predicted molar refractivity (Wildman–Crippen MR) is 55.2 cm³/mol. The highest BCUT2D eigenvalue weighted by molar-refractivity contribution is 7.82. The van der Waals surface area contributed by atoms with Gasteiger partial charge in [-0.3, -0.25) is 9.59 Å². The average Bonchev–Trinajstić information content (AvgIpc) is 2.81. The molecule has 0 atom stereocenters. The number of hydrogen-bond acceptors (Lipinski definition) is 6. The van der Waals surface area contributed by atoms with E-state index in [1.54, 1.807) is 0 Å². The predicted octanol–water partition coefficient (Wildman–Crippen LogP) is -0.501. The fraction of sp³-hybridized carbons (Fsp3) is 0.800. The molecule has 19 heavy (non-hydrogen) atoms. The molecule has 1 heterocycles. The normalized spacial score (nSPS) is 55.6. The van der Waals surface area contributed by atoms with Gasteiger partial charge in [0, 0.05) is 0 Å². The van der Waals surface area contributed by atoms with Gasteiger partial charge in [0.2, 0.25) is 0 Å². The lowest BCUT2D eigenvalue weighted by Crippen LogP contribution is -2.44. The fourth-order valence-corrected chi connectivity index (χ4v) is 6.27. The first kappa shape index (κ1) is 11.6. The topological polar surface area (TPSA) is 127 Å². The maximum absolute atomic E-state index is 11.6. The molecule has 0 aromatic carbocycles. The van der Waals surface area contributed by atoms with Crippen LogP contribution in [0.25, 0.3) is 0 Å². The Labute approximate surface area is 107 Å². The van der Waals surface area contributed by atoms with Gasteiger partial charge in [0.05, 0.1) is 10.8 Å². The third-order valence-corrected chi connectivity index (χ3v) is 6.48. The quantitative estimate of drug-likeness (QED) is 0.696. The highest BCUT2D eigenvalue weighted by Gasteiger charge is 2.94. The number of hydrogen-bond donors (Lipinski definition) is 2. The molecule has 4 bridgehead atoms. The van der Waals surface area contributed by atoms with Crippen molar-refractivity contribution in [3.63, 3.8) is 0 Å². The molecule has 2 spiro atoms. The molecule has 0 aromatic rings. The number of carbonyl (C=O) groups is 2. The zero-order valence-corrected chi connectivity index (χ0v) is 10.4. The van der Waals surface area contributed by atoms with Crippen molar-refractivity contribution in [2.24, 2.45) is 10.8 Å². The Morgan fingerprint density at radius 3 is 1.42 bits per heavy atom. The van der Waals surface area contributed by atoms with Crippen molar-refractivity contribution >= 4 is 22.3 Å². The maximum Gasteiger partial charge on any atom is 0.401 e. The van der Waals surface area contributed by atoms with E-state index in [0.717, 1.165) is 0 Å². The van der Waals surface area contributed by atoms with E-state index in [2.05, 4.69) is 0 Å². The first-order valence-corrected chi connectivity index (χ1v) is 7.09. The summed E-state index contributed by atoms with van der Waals surface area (Å²) in [5.41, 5.74) is -5.62. The first-order chi connectivity index (χ1) is 8.63. The molecule has 9 heteroatoms. The number of aliphatic carboxylic acids is 2. The molecule has 4 aliphatic carbocycles. The van der Waals surface area contributed by atoms with Gasteiger partial charge in [0.1, 0.15) is 11.2 Å².